The van der Waals surface area contributed by atoms with Gasteiger partial charge >= 0.3 is 17.9 Å². The molecule has 186 valence electrons. The van der Waals surface area contributed by atoms with E-state index in [-0.39, 0.29) is 36.9 Å². The molecule has 2 rings (SSSR count). The van der Waals surface area contributed by atoms with E-state index in [9.17, 15) is 19.2 Å². The topological polar surface area (TPSA) is 96.0 Å². The van der Waals surface area contributed by atoms with Crippen LogP contribution in [0.3, 0.4) is 0 Å². The summed E-state index contributed by atoms with van der Waals surface area (Å²) in [7, 11) is 3.77. The molecule has 0 heterocycles. The summed E-state index contributed by atoms with van der Waals surface area (Å²) in [6.07, 6.45) is 2.45. The van der Waals surface area contributed by atoms with E-state index in [1.165, 1.54) is 21.3 Å². The zero-order valence-electron chi connectivity index (χ0n) is 21.2. The molecule has 0 N–H and O–H groups in total. The van der Waals surface area contributed by atoms with Crippen molar-refractivity contribution in [1.29, 1.82) is 0 Å². The number of ketones is 1. The molecule has 34 heavy (non-hydrogen) atoms. The van der Waals surface area contributed by atoms with E-state index in [1.54, 1.807) is 18.2 Å². The van der Waals surface area contributed by atoms with Crippen LogP contribution >= 0.6 is 0 Å². The van der Waals surface area contributed by atoms with Crippen LogP contribution in [0.4, 0.5) is 0 Å². The van der Waals surface area contributed by atoms with Gasteiger partial charge in [-0.2, -0.15) is 0 Å². The highest BCUT2D eigenvalue weighted by molar-refractivity contribution is 6.17. The molecule has 7 nitrogen and oxygen atoms in total. The number of allylic oxidation sites excluding steroid dienone is 2. The third-order valence-electron chi connectivity index (χ3n) is 6.38. The lowest BCUT2D eigenvalue weighted by Gasteiger charge is -2.37. The molecule has 1 atom stereocenters. The van der Waals surface area contributed by atoms with Crippen molar-refractivity contribution >= 4 is 29.3 Å². The molecule has 0 bridgehead atoms. The third-order valence-corrected chi connectivity index (χ3v) is 6.38. The lowest BCUT2D eigenvalue weighted by atomic mass is 9.64. The second-order valence-corrected chi connectivity index (χ2v) is 9.82. The van der Waals surface area contributed by atoms with E-state index in [0.717, 1.165) is 0 Å². The predicted molar refractivity (Wildman–Crippen MR) is 128 cm³/mol. The molecule has 0 fully saturated rings. The Balaban J connectivity index is 2.71. The predicted octanol–water partition coefficient (Wildman–Crippen LogP) is 4.63. The Kier molecular flexibility index (Phi) is 8.81. The standard InChI is InChI=1S/C27H36O7/c1-17(2)14-26(23(29)32-5,24(30)33-6)13-12-19-16-27(15-18(3)4,25(31)34-7)22(28)21-11-9-8-10-20(19)21/h8-12,17-18H,13-16H2,1-7H3/b19-12+. The van der Waals surface area contributed by atoms with Gasteiger partial charge in [0.15, 0.2) is 11.2 Å². The molecule has 1 aliphatic rings. The van der Waals surface area contributed by atoms with Crippen molar-refractivity contribution in [2.45, 2.75) is 53.4 Å². The summed E-state index contributed by atoms with van der Waals surface area (Å²) >= 11 is 0. The van der Waals surface area contributed by atoms with Gasteiger partial charge in [-0.25, -0.2) is 0 Å². The molecule has 1 aromatic rings. The fourth-order valence-electron chi connectivity index (χ4n) is 5.09. The summed E-state index contributed by atoms with van der Waals surface area (Å²) in [4.78, 5) is 52.4. The minimum atomic E-state index is -1.53. The van der Waals surface area contributed by atoms with E-state index in [1.807, 2.05) is 39.8 Å². The Hall–Kier alpha value is -2.96. The molecule has 1 aromatic carbocycles. The quantitative estimate of drug-likeness (QED) is 0.294. The molecule has 0 radical (unpaired) electrons. The Morgan fingerprint density at radius 1 is 0.941 bits per heavy atom. The van der Waals surface area contributed by atoms with Crippen molar-refractivity contribution < 1.29 is 33.4 Å². The van der Waals surface area contributed by atoms with Crippen molar-refractivity contribution in [1.82, 2.24) is 0 Å². The fraction of sp³-hybridized carbons (Fsp3) is 0.556. The minimum Gasteiger partial charge on any atom is -0.468 e. The van der Waals surface area contributed by atoms with E-state index in [0.29, 0.717) is 23.1 Å². The maximum atomic E-state index is 13.6. The second-order valence-electron chi connectivity index (χ2n) is 9.82. The van der Waals surface area contributed by atoms with Crippen molar-refractivity contribution in [3.05, 3.63) is 41.5 Å². The first-order valence-corrected chi connectivity index (χ1v) is 11.6. The van der Waals surface area contributed by atoms with Gasteiger partial charge in [-0.05, 0) is 48.7 Å². The van der Waals surface area contributed by atoms with Gasteiger partial charge in [0.2, 0.25) is 0 Å². The maximum Gasteiger partial charge on any atom is 0.323 e. The SMILES string of the molecule is COC(=O)C(C/C=C1\CC(CC(C)C)(C(=O)OC)C(=O)c2ccccc21)(CC(C)C)C(=O)OC. The number of benzene rings is 1. The lowest BCUT2D eigenvalue weighted by molar-refractivity contribution is -0.170. The molecule has 0 saturated carbocycles. The highest BCUT2D eigenvalue weighted by Crippen LogP contribution is 2.47. The van der Waals surface area contributed by atoms with Crippen molar-refractivity contribution in [2.24, 2.45) is 22.7 Å². The molecule has 0 saturated heterocycles. The second kappa shape index (κ2) is 11.0. The van der Waals surface area contributed by atoms with Crippen LogP contribution in [0.1, 0.15) is 69.3 Å². The summed E-state index contributed by atoms with van der Waals surface area (Å²) in [5.74, 6) is -2.14. The van der Waals surface area contributed by atoms with Gasteiger partial charge in [-0.1, -0.05) is 58.0 Å². The molecular formula is C27H36O7. The molecule has 0 spiro atoms. The average molecular weight is 473 g/mol. The first-order valence-electron chi connectivity index (χ1n) is 11.6. The maximum absolute atomic E-state index is 13.6. The number of ether oxygens (including phenoxy) is 3. The van der Waals surface area contributed by atoms with Crippen molar-refractivity contribution in [2.75, 3.05) is 21.3 Å². The van der Waals surface area contributed by atoms with Gasteiger partial charge in [0.05, 0.1) is 21.3 Å². The average Bonchev–Trinajstić information content (AvgIpc) is 2.81. The van der Waals surface area contributed by atoms with Crippen LogP contribution in [-0.2, 0) is 28.6 Å². The zero-order valence-corrected chi connectivity index (χ0v) is 21.2. The fourth-order valence-corrected chi connectivity index (χ4v) is 5.09. The Labute approximate surface area is 201 Å². The monoisotopic (exact) mass is 472 g/mol. The highest BCUT2D eigenvalue weighted by atomic mass is 16.5. The lowest BCUT2D eigenvalue weighted by Crippen LogP contribution is -2.45. The summed E-state index contributed by atoms with van der Waals surface area (Å²) in [5, 5.41) is 0. The van der Waals surface area contributed by atoms with E-state index in [4.69, 9.17) is 14.2 Å². The Morgan fingerprint density at radius 2 is 1.50 bits per heavy atom. The molecule has 0 aliphatic heterocycles. The Morgan fingerprint density at radius 3 is 1.97 bits per heavy atom. The summed E-state index contributed by atoms with van der Waals surface area (Å²) < 4.78 is 15.1. The normalized spacial score (nSPS) is 19.2. The van der Waals surface area contributed by atoms with Crippen LogP contribution in [-0.4, -0.2) is 45.0 Å². The summed E-state index contributed by atoms with van der Waals surface area (Å²) in [6, 6.07) is 7.08. The van der Waals surface area contributed by atoms with Crippen molar-refractivity contribution in [3.63, 3.8) is 0 Å². The number of rotatable bonds is 9. The smallest absolute Gasteiger partial charge is 0.323 e. The molecule has 0 amide bonds. The number of hydrogen-bond donors (Lipinski definition) is 0. The van der Waals surface area contributed by atoms with Crippen LogP contribution in [0.2, 0.25) is 0 Å². The van der Waals surface area contributed by atoms with Gasteiger partial charge in [0.1, 0.15) is 5.41 Å². The van der Waals surface area contributed by atoms with Gasteiger partial charge in [-0.15, -0.1) is 0 Å². The van der Waals surface area contributed by atoms with Gasteiger partial charge in [-0.3, -0.25) is 19.2 Å². The number of Topliss-reactive ketones (excluding diaryl/α,β-unsaturated/α-hetero) is 1. The molecular weight excluding hydrogens is 436 g/mol. The van der Waals surface area contributed by atoms with Gasteiger partial charge < -0.3 is 14.2 Å². The number of esters is 3. The minimum absolute atomic E-state index is 0.00641. The van der Waals surface area contributed by atoms with E-state index in [2.05, 4.69) is 0 Å². The van der Waals surface area contributed by atoms with Crippen LogP contribution in [0, 0.1) is 22.7 Å². The van der Waals surface area contributed by atoms with Gasteiger partial charge in [0, 0.05) is 5.56 Å². The number of carbonyl (C=O) groups is 4. The Bertz CT molecular complexity index is 957. The number of fused-ring (bicyclic) bond motifs is 1. The van der Waals surface area contributed by atoms with Gasteiger partial charge in [0.25, 0.3) is 0 Å². The zero-order chi connectivity index (χ0) is 25.7. The first-order chi connectivity index (χ1) is 16.0. The number of hydrogen-bond acceptors (Lipinski definition) is 7. The highest BCUT2D eigenvalue weighted by Gasteiger charge is 2.52. The van der Waals surface area contributed by atoms with Crippen LogP contribution in [0.5, 0.6) is 0 Å². The van der Waals surface area contributed by atoms with Crippen LogP contribution in [0.15, 0.2) is 30.3 Å². The summed E-state index contributed by atoms with van der Waals surface area (Å²) in [6.45, 7) is 7.72. The van der Waals surface area contributed by atoms with Crippen LogP contribution < -0.4 is 0 Å². The molecule has 1 unspecified atom stereocenters. The number of methoxy groups -OCH3 is 3. The molecule has 1 aliphatic carbocycles. The first kappa shape index (κ1) is 27.3. The molecule has 0 aromatic heterocycles. The largest absolute Gasteiger partial charge is 0.468 e. The third kappa shape index (κ3) is 5.08. The number of carbonyl (C=O) groups excluding carboxylic acids is 4. The van der Waals surface area contributed by atoms with Crippen molar-refractivity contribution in [3.8, 4) is 0 Å². The van der Waals surface area contributed by atoms with E-state index < -0.39 is 28.7 Å². The summed E-state index contributed by atoms with van der Waals surface area (Å²) in [5.41, 5.74) is -1.09. The molecule has 7 heteroatoms. The van der Waals surface area contributed by atoms with E-state index >= 15 is 0 Å². The van der Waals surface area contributed by atoms with Crippen LogP contribution in [0.25, 0.3) is 5.57 Å².